The van der Waals surface area contributed by atoms with Gasteiger partial charge in [0, 0.05) is 32.2 Å². The molecule has 4 nitrogen and oxygen atoms in total. The topological polar surface area (TPSA) is 40.6 Å². The molecule has 1 fully saturated rings. The second-order valence-corrected chi connectivity index (χ2v) is 6.59. The maximum absolute atomic E-state index is 14.6. The van der Waals surface area contributed by atoms with Gasteiger partial charge in [-0.05, 0) is 31.4 Å². The predicted octanol–water partition coefficient (Wildman–Crippen LogP) is 2.57. The van der Waals surface area contributed by atoms with Crippen LogP contribution in [0, 0.1) is 0 Å². The number of likely N-dealkylation sites (N-methyl/N-ethyl adjacent to an activating group) is 1. The van der Waals surface area contributed by atoms with Crippen LogP contribution in [0.1, 0.15) is 31.7 Å². The molecule has 1 aromatic carbocycles. The molecule has 0 aromatic heterocycles. The number of nitrogens with zero attached hydrogens (tertiary/aromatic N) is 2. The Kier molecular flexibility index (Phi) is 3.65. The highest BCUT2D eigenvalue weighted by Gasteiger charge is 2.55. The maximum atomic E-state index is 14.6. The van der Waals surface area contributed by atoms with Crippen molar-refractivity contribution in [2.24, 2.45) is 0 Å². The van der Waals surface area contributed by atoms with Crippen LogP contribution in [0.5, 0.6) is 0 Å². The molecule has 2 aliphatic heterocycles. The first-order valence-electron chi connectivity index (χ1n) is 7.82. The first-order chi connectivity index (χ1) is 10.8. The molecule has 1 aromatic rings. The number of anilines is 1. The molecule has 0 spiro atoms. The Bertz CT molecular complexity index is 656. The van der Waals surface area contributed by atoms with Crippen molar-refractivity contribution in [1.82, 2.24) is 4.90 Å². The zero-order valence-corrected chi connectivity index (χ0v) is 13.3. The van der Waals surface area contributed by atoms with E-state index in [0.29, 0.717) is 24.3 Å². The smallest absolute Gasteiger partial charge is 0.326 e. The van der Waals surface area contributed by atoms with Gasteiger partial charge >= 0.3 is 5.92 Å². The average Bonchev–Trinajstić information content (AvgIpc) is 3.11. The third kappa shape index (κ3) is 2.40. The van der Waals surface area contributed by atoms with Gasteiger partial charge in [-0.3, -0.25) is 9.59 Å². The van der Waals surface area contributed by atoms with Gasteiger partial charge in [0.25, 0.3) is 5.91 Å². The number of carbonyl (C=O) groups excluding carboxylic acids is 2. The summed E-state index contributed by atoms with van der Waals surface area (Å²) in [5, 5.41) is 0. The Morgan fingerprint density at radius 1 is 1.26 bits per heavy atom. The molecule has 124 valence electrons. The number of hydrogen-bond donors (Lipinski definition) is 0. The number of likely N-dealkylation sites (tertiary alicyclic amines) is 1. The largest absolute Gasteiger partial charge is 0.337 e. The molecule has 0 saturated carbocycles. The normalized spacial score (nSPS) is 24.3. The van der Waals surface area contributed by atoms with Crippen LogP contribution in [-0.2, 0) is 15.0 Å². The highest BCUT2D eigenvalue weighted by Crippen LogP contribution is 2.46. The van der Waals surface area contributed by atoms with Crippen molar-refractivity contribution < 1.29 is 18.4 Å². The lowest BCUT2D eigenvalue weighted by Crippen LogP contribution is -2.48. The van der Waals surface area contributed by atoms with Crippen molar-refractivity contribution in [2.75, 3.05) is 25.0 Å². The summed E-state index contributed by atoms with van der Waals surface area (Å²) in [5.41, 5.74) is -0.199. The van der Waals surface area contributed by atoms with E-state index in [4.69, 9.17) is 0 Å². The number of fused-ring (bicyclic) bond motifs is 1. The van der Waals surface area contributed by atoms with Crippen LogP contribution in [0.25, 0.3) is 0 Å². The van der Waals surface area contributed by atoms with Crippen LogP contribution < -0.4 is 4.90 Å². The molecular weight excluding hydrogens is 302 g/mol. The van der Waals surface area contributed by atoms with Crippen molar-refractivity contribution in [3.05, 3.63) is 29.8 Å². The summed E-state index contributed by atoms with van der Waals surface area (Å²) in [4.78, 5) is 27.3. The van der Waals surface area contributed by atoms with Crippen LogP contribution in [-0.4, -0.2) is 42.8 Å². The lowest BCUT2D eigenvalue weighted by atomic mass is 9.78. The fourth-order valence-corrected chi connectivity index (χ4v) is 3.67. The Hall–Kier alpha value is -1.98. The minimum atomic E-state index is -3.55. The summed E-state index contributed by atoms with van der Waals surface area (Å²) >= 11 is 0. The molecule has 0 bridgehead atoms. The number of amides is 2. The molecule has 0 radical (unpaired) electrons. The summed E-state index contributed by atoms with van der Waals surface area (Å²) in [7, 11) is 1.58. The lowest BCUT2D eigenvalue weighted by Gasteiger charge is -2.30. The third-order valence-corrected chi connectivity index (χ3v) is 4.92. The van der Waals surface area contributed by atoms with Crippen LogP contribution >= 0.6 is 0 Å². The zero-order valence-electron chi connectivity index (χ0n) is 13.3. The minimum absolute atomic E-state index is 0.371. The number of benzene rings is 1. The number of rotatable bonds is 3. The molecule has 6 heteroatoms. The monoisotopic (exact) mass is 322 g/mol. The summed E-state index contributed by atoms with van der Waals surface area (Å²) < 4.78 is 29.2. The molecule has 0 aliphatic carbocycles. The number of carbonyl (C=O) groups is 2. The van der Waals surface area contributed by atoms with Gasteiger partial charge in [0.15, 0.2) is 0 Å². The highest BCUT2D eigenvalue weighted by atomic mass is 19.3. The molecule has 1 atom stereocenters. The van der Waals surface area contributed by atoms with E-state index >= 15 is 0 Å². The van der Waals surface area contributed by atoms with Gasteiger partial charge in [0.05, 0.1) is 5.41 Å². The van der Waals surface area contributed by atoms with E-state index in [-0.39, 0.29) is 0 Å². The van der Waals surface area contributed by atoms with E-state index in [1.807, 2.05) is 0 Å². The van der Waals surface area contributed by atoms with Gasteiger partial charge in [-0.2, -0.15) is 8.78 Å². The Labute approximate surface area is 134 Å². The second-order valence-electron chi connectivity index (χ2n) is 6.59. The predicted molar refractivity (Wildman–Crippen MR) is 82.6 cm³/mol. The van der Waals surface area contributed by atoms with Gasteiger partial charge in [0.2, 0.25) is 5.91 Å². The molecule has 3 rings (SSSR count). The summed E-state index contributed by atoms with van der Waals surface area (Å²) in [6.45, 7) is 2.24. The van der Waals surface area contributed by atoms with E-state index in [1.54, 1.807) is 31.3 Å². The standard InChI is InChI=1S/C17H20F2N2O2/c1-16(11-17(18,19)15(23)21-9-5-6-10-21)12-7-3-4-8-13(12)20(2)14(16)22/h3-4,7-8H,5-6,9-11H2,1-2H3. The van der Waals surface area contributed by atoms with Gasteiger partial charge in [-0.1, -0.05) is 18.2 Å². The van der Waals surface area contributed by atoms with E-state index < -0.39 is 29.6 Å². The van der Waals surface area contributed by atoms with Gasteiger partial charge in [-0.25, -0.2) is 0 Å². The molecular formula is C17H20F2N2O2. The number of para-hydroxylation sites is 1. The van der Waals surface area contributed by atoms with Crippen LogP contribution in [0.2, 0.25) is 0 Å². The first kappa shape index (κ1) is 15.9. The van der Waals surface area contributed by atoms with E-state index in [1.165, 1.54) is 16.7 Å². The van der Waals surface area contributed by atoms with Crippen molar-refractivity contribution in [2.45, 2.75) is 37.5 Å². The summed E-state index contributed by atoms with van der Waals surface area (Å²) in [6.07, 6.45) is 0.711. The van der Waals surface area contributed by atoms with E-state index in [2.05, 4.69) is 0 Å². The Morgan fingerprint density at radius 3 is 2.52 bits per heavy atom. The van der Waals surface area contributed by atoms with Crippen molar-refractivity contribution in [3.8, 4) is 0 Å². The van der Waals surface area contributed by atoms with E-state index in [9.17, 15) is 18.4 Å². The Morgan fingerprint density at radius 2 is 1.87 bits per heavy atom. The average molecular weight is 322 g/mol. The number of hydrogen-bond acceptors (Lipinski definition) is 2. The zero-order chi connectivity index (χ0) is 16.8. The van der Waals surface area contributed by atoms with Crippen LogP contribution in [0.4, 0.5) is 14.5 Å². The maximum Gasteiger partial charge on any atom is 0.326 e. The van der Waals surface area contributed by atoms with Crippen molar-refractivity contribution in [1.29, 1.82) is 0 Å². The van der Waals surface area contributed by atoms with Gasteiger partial charge in [-0.15, -0.1) is 0 Å². The number of alkyl halides is 2. The quantitative estimate of drug-likeness (QED) is 0.858. The van der Waals surface area contributed by atoms with Crippen molar-refractivity contribution >= 4 is 17.5 Å². The first-order valence-corrected chi connectivity index (χ1v) is 7.82. The minimum Gasteiger partial charge on any atom is -0.337 e. The molecule has 2 heterocycles. The molecule has 1 unspecified atom stereocenters. The number of halogens is 2. The van der Waals surface area contributed by atoms with Crippen molar-refractivity contribution in [3.63, 3.8) is 0 Å². The summed E-state index contributed by atoms with van der Waals surface area (Å²) in [6, 6.07) is 6.91. The van der Waals surface area contributed by atoms with Gasteiger partial charge < -0.3 is 9.80 Å². The van der Waals surface area contributed by atoms with Gasteiger partial charge in [0.1, 0.15) is 0 Å². The molecule has 2 aliphatic rings. The molecule has 1 saturated heterocycles. The second kappa shape index (κ2) is 5.28. The fourth-order valence-electron chi connectivity index (χ4n) is 3.67. The molecule has 0 N–H and O–H groups in total. The highest BCUT2D eigenvalue weighted by molar-refractivity contribution is 6.07. The van der Waals surface area contributed by atoms with Crippen LogP contribution in [0.3, 0.4) is 0 Å². The van der Waals surface area contributed by atoms with E-state index in [0.717, 1.165) is 12.8 Å². The summed E-state index contributed by atoms with van der Waals surface area (Å²) in [5.74, 6) is -5.10. The molecule has 23 heavy (non-hydrogen) atoms. The van der Waals surface area contributed by atoms with Crippen LogP contribution in [0.15, 0.2) is 24.3 Å². The molecule has 2 amide bonds. The third-order valence-electron chi connectivity index (χ3n) is 4.92. The lowest BCUT2D eigenvalue weighted by molar-refractivity contribution is -0.160. The Balaban J connectivity index is 1.91. The fraction of sp³-hybridized carbons (Fsp3) is 0.529. The SMILES string of the molecule is CN1C(=O)C(C)(CC(F)(F)C(=O)N2CCCC2)c2ccccc21.